The molecule has 29 heavy (non-hydrogen) atoms. The Morgan fingerprint density at radius 2 is 1.66 bits per heavy atom. The summed E-state index contributed by atoms with van der Waals surface area (Å²) in [6, 6.07) is 7.14. The number of nitrogens with zero attached hydrogens (tertiary/aromatic N) is 1. The smallest absolute Gasteiger partial charge is 0.233 e. The predicted molar refractivity (Wildman–Crippen MR) is 119 cm³/mol. The van der Waals surface area contributed by atoms with Crippen molar-refractivity contribution in [3.8, 4) is 0 Å². The van der Waals surface area contributed by atoms with Gasteiger partial charge in [-0.3, -0.25) is 19.3 Å². The zero-order valence-corrected chi connectivity index (χ0v) is 19.7. The summed E-state index contributed by atoms with van der Waals surface area (Å²) in [5, 5.41) is 3.33. The third kappa shape index (κ3) is 3.90. The highest BCUT2D eigenvalue weighted by Crippen LogP contribution is 2.60. The van der Waals surface area contributed by atoms with Crippen molar-refractivity contribution in [1.82, 2.24) is 4.90 Å². The number of carbonyl (C=O) groups excluding carboxylic acids is 3. The lowest BCUT2D eigenvalue weighted by molar-refractivity contribution is -0.140. The van der Waals surface area contributed by atoms with Gasteiger partial charge in [0.2, 0.25) is 17.7 Å². The Labute approximate surface area is 192 Å². The molecule has 3 amide bonds. The lowest BCUT2D eigenvalue weighted by atomic mass is 9.81. The number of anilines is 1. The van der Waals surface area contributed by atoms with Crippen LogP contribution in [0.25, 0.3) is 0 Å². The largest absolute Gasteiger partial charge is 0.325 e. The number of halogens is 3. The summed E-state index contributed by atoms with van der Waals surface area (Å²) in [6.45, 7) is 0.455. The number of fused-ring (bicyclic) bond motifs is 5. The normalized spacial score (nSPS) is 32.7. The molecule has 5 nitrogen and oxygen atoms in total. The number of carbonyl (C=O) groups is 3. The molecular weight excluding hydrogens is 524 g/mol. The fraction of sp³-hybridized carbons (Fsp3) is 0.571. The van der Waals surface area contributed by atoms with Crippen LogP contribution < -0.4 is 5.32 Å². The van der Waals surface area contributed by atoms with Crippen molar-refractivity contribution >= 4 is 66.9 Å². The van der Waals surface area contributed by atoms with E-state index in [1.165, 1.54) is 4.90 Å². The van der Waals surface area contributed by atoms with E-state index in [4.69, 9.17) is 11.6 Å². The van der Waals surface area contributed by atoms with Crippen LogP contribution in [0.4, 0.5) is 5.69 Å². The van der Waals surface area contributed by atoms with E-state index >= 15 is 0 Å². The van der Waals surface area contributed by atoms with E-state index in [2.05, 4.69) is 37.2 Å². The highest BCUT2D eigenvalue weighted by atomic mass is 79.9. The molecule has 1 aliphatic heterocycles. The van der Waals surface area contributed by atoms with E-state index < -0.39 is 0 Å². The van der Waals surface area contributed by atoms with Crippen molar-refractivity contribution in [2.75, 3.05) is 11.9 Å². The van der Waals surface area contributed by atoms with E-state index in [1.54, 1.807) is 12.1 Å². The zero-order chi connectivity index (χ0) is 20.7. The molecule has 1 heterocycles. The summed E-state index contributed by atoms with van der Waals surface area (Å²) in [5.74, 6) is 0.151. The summed E-state index contributed by atoms with van der Waals surface area (Å²) in [5.41, 5.74) is 0.615. The number of hydrogen-bond donors (Lipinski definition) is 1. The van der Waals surface area contributed by atoms with Crippen LogP contribution in [0.3, 0.4) is 0 Å². The first-order valence-corrected chi connectivity index (χ1v) is 12.3. The molecule has 2 aliphatic carbocycles. The topological polar surface area (TPSA) is 66.5 Å². The monoisotopic (exact) mass is 544 g/mol. The number of nitrogens with one attached hydrogen (secondary N) is 1. The Morgan fingerprint density at radius 3 is 2.28 bits per heavy atom. The van der Waals surface area contributed by atoms with Gasteiger partial charge in [0.25, 0.3) is 0 Å². The highest BCUT2D eigenvalue weighted by molar-refractivity contribution is 9.12. The SMILES string of the molecule is O=C(CCCCCN1C(=O)[C@@H]2[C@H]3C[C@@H]([C@H](Br)[C@@H]3Br)[C@@H]2C1=O)Nc1ccccc1Cl. The maximum absolute atomic E-state index is 12.8. The molecule has 3 fully saturated rings. The fourth-order valence-electron chi connectivity index (χ4n) is 5.14. The maximum atomic E-state index is 12.8. The molecule has 1 aromatic rings. The number of imide groups is 1. The van der Waals surface area contributed by atoms with Gasteiger partial charge < -0.3 is 5.32 Å². The lowest BCUT2D eigenvalue weighted by Crippen LogP contribution is -2.37. The van der Waals surface area contributed by atoms with Crippen LogP contribution in [-0.4, -0.2) is 38.8 Å². The molecule has 1 N–H and O–H groups in total. The van der Waals surface area contributed by atoms with Gasteiger partial charge in [0, 0.05) is 22.6 Å². The number of para-hydroxylation sites is 1. The van der Waals surface area contributed by atoms with Gasteiger partial charge >= 0.3 is 0 Å². The first-order valence-electron chi connectivity index (χ1n) is 10.1. The lowest BCUT2D eigenvalue weighted by Gasteiger charge is -2.28. The highest BCUT2D eigenvalue weighted by Gasteiger charge is 2.66. The second kappa shape index (κ2) is 8.67. The van der Waals surface area contributed by atoms with Crippen LogP contribution in [0.5, 0.6) is 0 Å². The standard InChI is InChI=1S/C21H23Br2ClN2O3/c22-18-11-10-12(19(18)23)17-16(11)20(28)26(21(17)29)9-5-1-2-8-15(27)25-14-7-4-3-6-13(14)24/h3-4,6-7,11-12,16-19H,1-2,5,8-10H2,(H,25,27)/t11-,12-,16-,17+,18-,19+/m1/s1. The first-order chi connectivity index (χ1) is 13.9. The van der Waals surface area contributed by atoms with E-state index in [0.29, 0.717) is 30.1 Å². The van der Waals surface area contributed by atoms with Crippen LogP contribution in [0, 0.1) is 23.7 Å². The van der Waals surface area contributed by atoms with Gasteiger partial charge in [0.1, 0.15) is 0 Å². The van der Waals surface area contributed by atoms with Gasteiger partial charge in [0.05, 0.1) is 22.5 Å². The van der Waals surface area contributed by atoms with Gasteiger partial charge in [0.15, 0.2) is 0 Å². The second-order valence-corrected chi connectivity index (χ2v) is 10.7. The number of alkyl halides is 2. The minimum absolute atomic E-state index is 0.00723. The molecule has 4 rings (SSSR count). The molecule has 6 atom stereocenters. The number of likely N-dealkylation sites (tertiary alicyclic amines) is 1. The van der Waals surface area contributed by atoms with E-state index in [-0.39, 0.29) is 51.0 Å². The predicted octanol–water partition coefficient (Wildman–Crippen LogP) is 4.62. The Morgan fingerprint density at radius 1 is 1.03 bits per heavy atom. The van der Waals surface area contributed by atoms with Crippen molar-refractivity contribution in [1.29, 1.82) is 0 Å². The average molecular weight is 547 g/mol. The maximum Gasteiger partial charge on any atom is 0.233 e. The number of benzene rings is 1. The van der Waals surface area contributed by atoms with Gasteiger partial charge in [-0.2, -0.15) is 0 Å². The van der Waals surface area contributed by atoms with Crippen molar-refractivity contribution < 1.29 is 14.4 Å². The van der Waals surface area contributed by atoms with E-state index in [0.717, 1.165) is 19.3 Å². The van der Waals surface area contributed by atoms with Crippen LogP contribution in [-0.2, 0) is 14.4 Å². The second-order valence-electron chi connectivity index (χ2n) is 8.17. The third-order valence-electron chi connectivity index (χ3n) is 6.51. The van der Waals surface area contributed by atoms with Crippen molar-refractivity contribution in [3.05, 3.63) is 29.3 Å². The molecule has 1 aromatic carbocycles. The minimum Gasteiger partial charge on any atom is -0.325 e. The first kappa shape index (κ1) is 21.3. The Balaban J connectivity index is 1.22. The molecule has 0 aromatic heterocycles. The number of rotatable bonds is 7. The summed E-state index contributed by atoms with van der Waals surface area (Å²) < 4.78 is 0. The van der Waals surface area contributed by atoms with Gasteiger partial charge in [-0.05, 0) is 43.2 Å². The zero-order valence-electron chi connectivity index (χ0n) is 15.8. The quantitative estimate of drug-likeness (QED) is 0.309. The summed E-state index contributed by atoms with van der Waals surface area (Å²) in [6.07, 6.45) is 3.56. The number of amides is 3. The molecule has 8 heteroatoms. The molecule has 0 spiro atoms. The van der Waals surface area contributed by atoms with Crippen LogP contribution in [0.15, 0.2) is 24.3 Å². The molecule has 156 valence electrons. The average Bonchev–Trinajstić information content (AvgIpc) is 3.29. The molecular formula is C21H23Br2ClN2O3. The van der Waals surface area contributed by atoms with Crippen LogP contribution >= 0.6 is 43.5 Å². The Bertz CT molecular complexity index is 804. The summed E-state index contributed by atoms with van der Waals surface area (Å²) in [7, 11) is 0. The van der Waals surface area contributed by atoms with Crippen LogP contribution in [0.1, 0.15) is 32.1 Å². The number of unbranched alkanes of at least 4 members (excludes halogenated alkanes) is 2. The summed E-state index contributed by atoms with van der Waals surface area (Å²) >= 11 is 13.5. The van der Waals surface area contributed by atoms with Crippen LogP contribution in [0.2, 0.25) is 5.02 Å². The molecule has 0 radical (unpaired) electrons. The van der Waals surface area contributed by atoms with E-state index in [9.17, 15) is 14.4 Å². The fourth-order valence-corrected chi connectivity index (χ4v) is 7.19. The minimum atomic E-state index is -0.146. The number of hydrogen-bond acceptors (Lipinski definition) is 3. The summed E-state index contributed by atoms with van der Waals surface area (Å²) in [4.78, 5) is 39.7. The Hall–Kier alpha value is -0.920. The van der Waals surface area contributed by atoms with E-state index in [1.807, 2.05) is 12.1 Å². The van der Waals surface area contributed by atoms with Crippen molar-refractivity contribution in [2.24, 2.45) is 23.7 Å². The molecule has 2 saturated carbocycles. The van der Waals surface area contributed by atoms with Gasteiger partial charge in [-0.1, -0.05) is 62.0 Å². The molecule has 1 saturated heterocycles. The third-order valence-corrected chi connectivity index (χ3v) is 10.0. The van der Waals surface area contributed by atoms with Crippen molar-refractivity contribution in [3.63, 3.8) is 0 Å². The van der Waals surface area contributed by atoms with Gasteiger partial charge in [-0.15, -0.1) is 0 Å². The Kier molecular flexibility index (Phi) is 6.38. The molecule has 3 aliphatic rings. The van der Waals surface area contributed by atoms with Gasteiger partial charge in [-0.25, -0.2) is 0 Å². The van der Waals surface area contributed by atoms with Crippen molar-refractivity contribution in [2.45, 2.75) is 41.8 Å². The molecule has 2 bridgehead atoms. The molecule has 0 unspecified atom stereocenters.